The van der Waals surface area contributed by atoms with Gasteiger partial charge >= 0.3 is 0 Å². The topological polar surface area (TPSA) is 71.6 Å². The van der Waals surface area contributed by atoms with Crippen LogP contribution < -0.4 is 16.0 Å². The molecule has 1 atom stereocenters. The van der Waals surface area contributed by atoms with E-state index in [1.807, 2.05) is 0 Å². The van der Waals surface area contributed by atoms with Gasteiger partial charge in [-0.2, -0.15) is 0 Å². The SMILES string of the molecule is O=C(NC1CCCOC12CCNCC2)c1cc2c(s1)CCOC21CCNCC1. The summed E-state index contributed by atoms with van der Waals surface area (Å²) in [6.45, 7) is 5.47. The van der Waals surface area contributed by atoms with E-state index >= 15 is 0 Å². The molecule has 0 aliphatic carbocycles. The molecule has 2 spiro atoms. The van der Waals surface area contributed by atoms with Crippen LogP contribution in [0.5, 0.6) is 0 Å². The van der Waals surface area contributed by atoms with Crippen LogP contribution >= 0.6 is 11.3 Å². The van der Waals surface area contributed by atoms with Crippen LogP contribution in [-0.4, -0.2) is 56.9 Å². The van der Waals surface area contributed by atoms with Crippen molar-refractivity contribution in [3.05, 3.63) is 21.4 Å². The maximum absolute atomic E-state index is 13.2. The number of carbonyl (C=O) groups is 1. The number of piperidine rings is 2. The fraction of sp³-hybridized carbons (Fsp3) is 0.762. The summed E-state index contributed by atoms with van der Waals surface area (Å²) in [5, 5.41) is 10.2. The van der Waals surface area contributed by atoms with Gasteiger partial charge in [-0.3, -0.25) is 4.79 Å². The van der Waals surface area contributed by atoms with E-state index in [1.54, 1.807) is 11.3 Å². The highest BCUT2D eigenvalue weighted by molar-refractivity contribution is 7.14. The molecular weight excluding hydrogens is 374 g/mol. The summed E-state index contributed by atoms with van der Waals surface area (Å²) in [6.07, 6.45) is 6.88. The van der Waals surface area contributed by atoms with Crippen molar-refractivity contribution < 1.29 is 14.3 Å². The van der Waals surface area contributed by atoms with Gasteiger partial charge in [0, 0.05) is 17.9 Å². The third kappa shape index (κ3) is 3.31. The molecule has 7 heteroatoms. The Labute approximate surface area is 170 Å². The van der Waals surface area contributed by atoms with Gasteiger partial charge in [0.15, 0.2) is 0 Å². The van der Waals surface area contributed by atoms with Crippen LogP contribution in [0, 0.1) is 0 Å². The first-order valence-electron chi connectivity index (χ1n) is 10.8. The molecule has 3 N–H and O–H groups in total. The van der Waals surface area contributed by atoms with Crippen molar-refractivity contribution in [3.63, 3.8) is 0 Å². The van der Waals surface area contributed by atoms with Crippen LogP contribution in [0.1, 0.15) is 58.6 Å². The molecule has 4 aliphatic rings. The first-order valence-corrected chi connectivity index (χ1v) is 11.7. The van der Waals surface area contributed by atoms with Gasteiger partial charge in [-0.1, -0.05) is 0 Å². The molecule has 0 saturated carbocycles. The Morgan fingerprint density at radius 2 is 1.82 bits per heavy atom. The van der Waals surface area contributed by atoms with Gasteiger partial charge in [-0.25, -0.2) is 0 Å². The van der Waals surface area contributed by atoms with Gasteiger partial charge in [-0.05, 0) is 76.3 Å². The molecule has 0 radical (unpaired) electrons. The first-order chi connectivity index (χ1) is 13.7. The van der Waals surface area contributed by atoms with Gasteiger partial charge in [0.2, 0.25) is 0 Å². The van der Waals surface area contributed by atoms with Gasteiger partial charge in [0.05, 0.1) is 28.7 Å². The fourth-order valence-electron chi connectivity index (χ4n) is 5.48. The number of rotatable bonds is 2. The molecule has 6 nitrogen and oxygen atoms in total. The van der Waals surface area contributed by atoms with Crippen molar-refractivity contribution in [1.29, 1.82) is 0 Å². The number of nitrogens with one attached hydrogen (secondary N) is 3. The summed E-state index contributed by atoms with van der Waals surface area (Å²) in [6, 6.07) is 2.23. The van der Waals surface area contributed by atoms with Crippen LogP contribution in [0.3, 0.4) is 0 Å². The van der Waals surface area contributed by atoms with Crippen LogP contribution in [0.4, 0.5) is 0 Å². The average molecular weight is 406 g/mol. The number of amides is 1. The molecule has 1 amide bonds. The molecule has 3 fully saturated rings. The predicted octanol–water partition coefficient (Wildman–Crippen LogP) is 1.93. The minimum Gasteiger partial charge on any atom is -0.373 e. The van der Waals surface area contributed by atoms with Crippen molar-refractivity contribution in [2.45, 2.75) is 62.2 Å². The standard InChI is InChI=1S/C21H31N3O3S/c25-19(24-18-2-1-12-26-21(18)6-10-23-11-7-21)17-14-15-16(28-17)3-13-27-20(15)4-8-22-9-5-20/h14,18,22-23H,1-13H2,(H,24,25). The van der Waals surface area contributed by atoms with Gasteiger partial charge < -0.3 is 25.4 Å². The Hall–Kier alpha value is -0.990. The molecule has 4 aliphatic heterocycles. The monoisotopic (exact) mass is 405 g/mol. The summed E-state index contributed by atoms with van der Waals surface area (Å²) >= 11 is 1.67. The molecule has 1 aromatic heterocycles. The van der Waals surface area contributed by atoms with Gasteiger partial charge in [0.25, 0.3) is 5.91 Å². The lowest BCUT2D eigenvalue weighted by atomic mass is 9.80. The molecule has 3 saturated heterocycles. The lowest BCUT2D eigenvalue weighted by Gasteiger charge is -2.46. The highest BCUT2D eigenvalue weighted by Crippen LogP contribution is 2.43. The second kappa shape index (κ2) is 7.69. The predicted molar refractivity (Wildman–Crippen MR) is 109 cm³/mol. The molecule has 5 heterocycles. The van der Waals surface area contributed by atoms with Gasteiger partial charge in [-0.15, -0.1) is 11.3 Å². The number of fused-ring (bicyclic) bond motifs is 2. The highest BCUT2D eigenvalue weighted by atomic mass is 32.1. The maximum atomic E-state index is 13.2. The second-order valence-corrected chi connectivity index (χ2v) is 9.76. The largest absolute Gasteiger partial charge is 0.373 e. The van der Waals surface area contributed by atoms with Crippen molar-refractivity contribution in [1.82, 2.24) is 16.0 Å². The van der Waals surface area contributed by atoms with Crippen molar-refractivity contribution >= 4 is 17.2 Å². The quantitative estimate of drug-likeness (QED) is 0.701. The maximum Gasteiger partial charge on any atom is 0.261 e. The number of carbonyl (C=O) groups excluding carboxylic acids is 1. The summed E-state index contributed by atoms with van der Waals surface area (Å²) < 4.78 is 12.5. The Morgan fingerprint density at radius 3 is 2.61 bits per heavy atom. The van der Waals surface area contributed by atoms with Crippen molar-refractivity contribution in [3.8, 4) is 0 Å². The third-order valence-electron chi connectivity index (χ3n) is 7.06. The Kier molecular flexibility index (Phi) is 5.22. The minimum absolute atomic E-state index is 0.0666. The zero-order valence-corrected chi connectivity index (χ0v) is 17.3. The average Bonchev–Trinajstić information content (AvgIpc) is 3.18. The Balaban J connectivity index is 1.36. The second-order valence-electron chi connectivity index (χ2n) is 8.62. The lowest BCUT2D eigenvalue weighted by molar-refractivity contribution is -0.114. The highest BCUT2D eigenvalue weighted by Gasteiger charge is 2.44. The van der Waals surface area contributed by atoms with Crippen molar-refractivity contribution in [2.75, 3.05) is 39.4 Å². The molecule has 1 unspecified atom stereocenters. The van der Waals surface area contributed by atoms with Crippen LogP contribution in [0.15, 0.2) is 6.07 Å². The number of hydrogen-bond donors (Lipinski definition) is 3. The fourth-order valence-corrected chi connectivity index (χ4v) is 6.61. The van der Waals surface area contributed by atoms with E-state index in [0.717, 1.165) is 89.2 Å². The summed E-state index contributed by atoms with van der Waals surface area (Å²) in [7, 11) is 0. The van der Waals surface area contributed by atoms with E-state index in [1.165, 1.54) is 10.4 Å². The van der Waals surface area contributed by atoms with E-state index in [0.29, 0.717) is 0 Å². The van der Waals surface area contributed by atoms with E-state index in [9.17, 15) is 4.79 Å². The number of hydrogen-bond acceptors (Lipinski definition) is 6. The number of thiophene rings is 1. The van der Waals surface area contributed by atoms with Crippen LogP contribution in [0.25, 0.3) is 0 Å². The molecule has 0 bridgehead atoms. The normalized spacial score (nSPS) is 28.8. The van der Waals surface area contributed by atoms with Gasteiger partial charge in [0.1, 0.15) is 0 Å². The molecule has 0 aromatic carbocycles. The van der Waals surface area contributed by atoms with Crippen LogP contribution in [0.2, 0.25) is 0 Å². The zero-order valence-electron chi connectivity index (χ0n) is 16.5. The van der Waals surface area contributed by atoms with Crippen molar-refractivity contribution in [2.24, 2.45) is 0 Å². The molecule has 154 valence electrons. The van der Waals surface area contributed by atoms with E-state index in [2.05, 4.69) is 22.0 Å². The summed E-state index contributed by atoms with van der Waals surface area (Å²) in [5.74, 6) is 0.0666. The first kappa shape index (κ1) is 19.0. The lowest BCUT2D eigenvalue weighted by Crippen LogP contribution is -2.60. The Morgan fingerprint density at radius 1 is 1.07 bits per heavy atom. The smallest absolute Gasteiger partial charge is 0.261 e. The zero-order chi connectivity index (χ0) is 19.0. The third-order valence-corrected chi connectivity index (χ3v) is 8.25. The van der Waals surface area contributed by atoms with E-state index < -0.39 is 0 Å². The molecule has 1 aromatic rings. The summed E-state index contributed by atoms with van der Waals surface area (Å²) in [4.78, 5) is 15.4. The number of ether oxygens (including phenoxy) is 2. The molecular formula is C21H31N3O3S. The van der Waals surface area contributed by atoms with E-state index in [-0.39, 0.29) is 23.2 Å². The minimum atomic E-state index is -0.185. The van der Waals surface area contributed by atoms with Crippen LogP contribution in [-0.2, 0) is 21.5 Å². The summed E-state index contributed by atoms with van der Waals surface area (Å²) in [5.41, 5.74) is 0.903. The van der Waals surface area contributed by atoms with E-state index in [4.69, 9.17) is 9.47 Å². The molecule has 28 heavy (non-hydrogen) atoms. The molecule has 5 rings (SSSR count). The Bertz CT molecular complexity index is 714.